The monoisotopic (exact) mass is 417 g/mol. The third-order valence-electron chi connectivity index (χ3n) is 5.66. The first-order valence-corrected chi connectivity index (χ1v) is 11.5. The van der Waals surface area contributed by atoms with E-state index in [1.165, 1.54) is 0 Å². The molecule has 1 unspecified atom stereocenters. The van der Waals surface area contributed by atoms with Crippen molar-refractivity contribution in [3.05, 3.63) is 39.8 Å². The van der Waals surface area contributed by atoms with Crippen molar-refractivity contribution in [2.45, 2.75) is 58.3 Å². The average Bonchev–Trinajstić information content (AvgIpc) is 3.26. The molecular weight excluding hydrogens is 386 g/mol. The molecule has 6 heteroatoms. The number of rotatable bonds is 9. The molecule has 3 rings (SSSR count). The summed E-state index contributed by atoms with van der Waals surface area (Å²) in [4.78, 5) is 19.2. The molecule has 1 aliphatic heterocycles. The van der Waals surface area contributed by atoms with Crippen LogP contribution in [0.1, 0.15) is 63.2 Å². The predicted molar refractivity (Wildman–Crippen MR) is 117 cm³/mol. The van der Waals surface area contributed by atoms with Gasteiger partial charge in [0.05, 0.1) is 10.6 Å². The molecule has 0 spiro atoms. The summed E-state index contributed by atoms with van der Waals surface area (Å²) in [7, 11) is 0. The van der Waals surface area contributed by atoms with Crippen LogP contribution in [0, 0.1) is 11.8 Å². The zero-order chi connectivity index (χ0) is 20.5. The molecular formula is C23H31NO4S. The summed E-state index contributed by atoms with van der Waals surface area (Å²) in [6.45, 7) is 3.61. The van der Waals surface area contributed by atoms with Gasteiger partial charge in [-0.15, -0.1) is 11.3 Å². The molecule has 1 atom stereocenters. The van der Waals surface area contributed by atoms with Crippen molar-refractivity contribution in [3.8, 4) is 0 Å². The van der Waals surface area contributed by atoms with Gasteiger partial charge in [0, 0.05) is 37.8 Å². The van der Waals surface area contributed by atoms with Crippen LogP contribution in [0.4, 0.5) is 0 Å². The molecule has 1 N–H and O–H groups in total. The van der Waals surface area contributed by atoms with Crippen LogP contribution < -0.4 is 0 Å². The lowest BCUT2D eigenvalue weighted by molar-refractivity contribution is -0.118. The van der Waals surface area contributed by atoms with Gasteiger partial charge in [0.2, 0.25) is 0 Å². The van der Waals surface area contributed by atoms with Crippen molar-refractivity contribution in [1.29, 1.82) is 0 Å². The normalized spacial score (nSPS) is 21.9. The van der Waals surface area contributed by atoms with Gasteiger partial charge in [-0.3, -0.25) is 4.79 Å². The molecule has 29 heavy (non-hydrogen) atoms. The summed E-state index contributed by atoms with van der Waals surface area (Å²) >= 11 is 1.62. The van der Waals surface area contributed by atoms with Crippen LogP contribution in [0.2, 0.25) is 0 Å². The molecule has 1 saturated heterocycles. The van der Waals surface area contributed by atoms with E-state index >= 15 is 0 Å². The quantitative estimate of drug-likeness (QED) is 0.235. The van der Waals surface area contributed by atoms with E-state index in [-0.39, 0.29) is 11.7 Å². The topological polar surface area (TPSA) is 68.1 Å². The number of oxime groups is 1. The Hall–Kier alpha value is -1.92. The van der Waals surface area contributed by atoms with Gasteiger partial charge in [-0.2, -0.15) is 0 Å². The van der Waals surface area contributed by atoms with Gasteiger partial charge in [-0.25, -0.2) is 0 Å². The third-order valence-corrected chi connectivity index (χ3v) is 6.54. The number of ketones is 1. The minimum Gasteiger partial charge on any atom is -0.512 e. The Morgan fingerprint density at radius 2 is 2.17 bits per heavy atom. The van der Waals surface area contributed by atoms with Crippen LogP contribution in [0.5, 0.6) is 0 Å². The minimum absolute atomic E-state index is 0.115. The zero-order valence-electron chi connectivity index (χ0n) is 17.1. The fourth-order valence-corrected chi connectivity index (χ4v) is 4.77. The van der Waals surface area contributed by atoms with Crippen molar-refractivity contribution in [2.75, 3.05) is 13.2 Å². The van der Waals surface area contributed by atoms with Gasteiger partial charge in [-0.1, -0.05) is 18.1 Å². The standard InChI is InChI=1S/C23H31NO4S/c1-2-6-22(23-8-5-14-29-23)28-24-11-4-3-7-19-20(25)15-18(16-21(19)26)17-9-12-27-13-10-17/h5-6,8,11,14,17-18,25H,2-4,7,9-10,12-13,15-16H2,1H3/b22-6-,24-11?. The Bertz CT molecular complexity index is 745. The number of carbonyl (C=O) groups excluding carboxylic acids is 1. The number of ether oxygens (including phenoxy) is 1. The first kappa shape index (κ1) is 21.8. The van der Waals surface area contributed by atoms with Crippen LogP contribution >= 0.6 is 11.3 Å². The lowest BCUT2D eigenvalue weighted by atomic mass is 9.75. The Labute approximate surface area is 177 Å². The van der Waals surface area contributed by atoms with Crippen LogP contribution in [0.15, 0.2) is 40.1 Å². The number of nitrogens with zero attached hydrogens (tertiary/aromatic N) is 1. The van der Waals surface area contributed by atoms with Crippen molar-refractivity contribution < 1.29 is 19.5 Å². The number of aliphatic hydroxyl groups excluding tert-OH is 1. The van der Waals surface area contributed by atoms with E-state index in [1.807, 2.05) is 23.6 Å². The molecule has 1 aromatic heterocycles. The SMILES string of the molecule is CC/C=C(\ON=CCCCC1=C(O)CC(C2CCOCC2)CC1=O)c1cccs1. The molecule has 0 saturated carbocycles. The number of hydrogen-bond donors (Lipinski definition) is 1. The lowest BCUT2D eigenvalue weighted by Crippen LogP contribution is -2.29. The van der Waals surface area contributed by atoms with E-state index < -0.39 is 0 Å². The second-order valence-corrected chi connectivity index (χ2v) is 8.64. The Kier molecular flexibility index (Phi) is 8.50. The van der Waals surface area contributed by atoms with E-state index in [4.69, 9.17) is 9.57 Å². The average molecular weight is 418 g/mol. The molecule has 158 valence electrons. The number of Topliss-reactive ketones (excluding diaryl/α,β-unsaturated/α-hetero) is 1. The van der Waals surface area contributed by atoms with Gasteiger partial charge in [0.1, 0.15) is 0 Å². The van der Waals surface area contributed by atoms with Crippen LogP contribution in [-0.2, 0) is 14.4 Å². The van der Waals surface area contributed by atoms with Crippen molar-refractivity contribution in [3.63, 3.8) is 0 Å². The van der Waals surface area contributed by atoms with E-state index in [2.05, 4.69) is 12.1 Å². The predicted octanol–water partition coefficient (Wildman–Crippen LogP) is 5.89. The highest BCUT2D eigenvalue weighted by Crippen LogP contribution is 2.36. The minimum atomic E-state index is 0.115. The molecule has 2 heterocycles. The maximum atomic E-state index is 12.6. The Balaban J connectivity index is 1.44. The summed E-state index contributed by atoms with van der Waals surface area (Å²) < 4.78 is 5.41. The summed E-state index contributed by atoms with van der Waals surface area (Å²) in [5.41, 5.74) is 0.618. The molecule has 0 amide bonds. The molecule has 0 radical (unpaired) electrons. The summed E-state index contributed by atoms with van der Waals surface area (Å²) in [6.07, 6.45) is 9.90. The molecule has 1 fully saturated rings. The summed E-state index contributed by atoms with van der Waals surface area (Å²) in [6, 6.07) is 4.00. The first-order valence-electron chi connectivity index (χ1n) is 10.6. The van der Waals surface area contributed by atoms with Crippen LogP contribution in [0.3, 0.4) is 0 Å². The Morgan fingerprint density at radius 1 is 1.34 bits per heavy atom. The number of aliphatic hydroxyl groups is 1. The fraction of sp³-hybridized carbons (Fsp3) is 0.565. The van der Waals surface area contributed by atoms with Gasteiger partial charge in [0.25, 0.3) is 0 Å². The number of thiophene rings is 1. The highest BCUT2D eigenvalue weighted by molar-refractivity contribution is 7.11. The highest BCUT2D eigenvalue weighted by atomic mass is 32.1. The Morgan fingerprint density at radius 3 is 2.86 bits per heavy atom. The number of carbonyl (C=O) groups is 1. The van der Waals surface area contributed by atoms with Crippen molar-refractivity contribution in [2.24, 2.45) is 17.0 Å². The van der Waals surface area contributed by atoms with Crippen molar-refractivity contribution >= 4 is 29.1 Å². The first-order chi connectivity index (χ1) is 14.2. The summed E-state index contributed by atoms with van der Waals surface area (Å²) in [5.74, 6) is 1.96. The van der Waals surface area contributed by atoms with E-state index in [0.717, 1.165) is 49.5 Å². The molecule has 2 aliphatic rings. The lowest BCUT2D eigenvalue weighted by Gasteiger charge is -2.32. The van der Waals surface area contributed by atoms with Crippen LogP contribution in [-0.4, -0.2) is 30.3 Å². The molecule has 0 bridgehead atoms. The largest absolute Gasteiger partial charge is 0.512 e. The van der Waals surface area contributed by atoms with Crippen molar-refractivity contribution in [1.82, 2.24) is 0 Å². The smallest absolute Gasteiger partial charge is 0.171 e. The number of hydrogen-bond acceptors (Lipinski definition) is 6. The molecule has 1 aromatic rings. The van der Waals surface area contributed by atoms with Crippen LogP contribution in [0.25, 0.3) is 5.76 Å². The second-order valence-electron chi connectivity index (χ2n) is 7.69. The third kappa shape index (κ3) is 6.28. The van der Waals surface area contributed by atoms with Gasteiger partial charge in [-0.05, 0) is 67.9 Å². The zero-order valence-corrected chi connectivity index (χ0v) is 18.0. The molecule has 1 aliphatic carbocycles. The van der Waals surface area contributed by atoms with Gasteiger partial charge >= 0.3 is 0 Å². The van der Waals surface area contributed by atoms with E-state index in [9.17, 15) is 9.90 Å². The van der Waals surface area contributed by atoms with E-state index in [1.54, 1.807) is 17.6 Å². The fourth-order valence-electron chi connectivity index (χ4n) is 4.07. The second kappa shape index (κ2) is 11.3. The van der Waals surface area contributed by atoms with Gasteiger partial charge in [0.15, 0.2) is 11.5 Å². The maximum absolute atomic E-state index is 12.6. The summed E-state index contributed by atoms with van der Waals surface area (Å²) in [5, 5.41) is 16.5. The molecule has 5 nitrogen and oxygen atoms in total. The highest BCUT2D eigenvalue weighted by Gasteiger charge is 2.32. The van der Waals surface area contributed by atoms with E-state index in [0.29, 0.717) is 42.9 Å². The van der Waals surface area contributed by atoms with Gasteiger partial charge < -0.3 is 14.7 Å². The number of unbranched alkanes of at least 4 members (excludes halogenated alkanes) is 1. The number of allylic oxidation sites excluding steroid dienone is 3. The molecule has 0 aromatic carbocycles. The maximum Gasteiger partial charge on any atom is 0.171 e.